The van der Waals surface area contributed by atoms with Crippen LogP contribution in [0, 0.1) is 13.8 Å². The molecule has 0 radical (unpaired) electrons. The van der Waals surface area contributed by atoms with E-state index in [1.165, 1.54) is 19.3 Å². The van der Waals surface area contributed by atoms with Gasteiger partial charge in [0.05, 0.1) is 16.7 Å². The number of rotatable bonds is 4. The molecule has 1 fully saturated rings. The Hall–Kier alpha value is -1.04. The highest BCUT2D eigenvalue weighted by molar-refractivity contribution is 9.10. The van der Waals surface area contributed by atoms with Gasteiger partial charge in [0, 0.05) is 18.3 Å². The van der Waals surface area contributed by atoms with Crippen molar-refractivity contribution in [2.75, 3.05) is 6.54 Å². The van der Waals surface area contributed by atoms with Gasteiger partial charge in [0.2, 0.25) is 0 Å². The fourth-order valence-electron chi connectivity index (χ4n) is 2.65. The summed E-state index contributed by atoms with van der Waals surface area (Å²) in [6.45, 7) is 5.27. The Morgan fingerprint density at radius 1 is 1.35 bits per heavy atom. The second-order valence-corrected chi connectivity index (χ2v) is 6.24. The molecule has 1 aliphatic rings. The van der Waals surface area contributed by atoms with Crippen molar-refractivity contribution in [2.24, 2.45) is 0 Å². The lowest BCUT2D eigenvalue weighted by Gasteiger charge is -2.22. The molecule has 2 amide bonds. The number of hydrogen-bond donors (Lipinski definition) is 2. The zero-order chi connectivity index (χ0) is 14.5. The quantitative estimate of drug-likeness (QED) is 0.883. The van der Waals surface area contributed by atoms with E-state index in [1.807, 2.05) is 18.5 Å². The molecule has 0 unspecified atom stereocenters. The van der Waals surface area contributed by atoms with E-state index < -0.39 is 0 Å². The van der Waals surface area contributed by atoms with Crippen LogP contribution in [0.25, 0.3) is 0 Å². The Labute approximate surface area is 128 Å². The van der Waals surface area contributed by atoms with Gasteiger partial charge in [-0.25, -0.2) is 4.79 Å². The van der Waals surface area contributed by atoms with E-state index in [-0.39, 0.29) is 6.03 Å². The summed E-state index contributed by atoms with van der Waals surface area (Å²) in [5.74, 6) is 0. The Kier molecular flexibility index (Phi) is 5.46. The molecule has 1 saturated carbocycles. The number of aromatic nitrogens is 2. The summed E-state index contributed by atoms with van der Waals surface area (Å²) in [6.07, 6.45) is 5.97. The Balaban J connectivity index is 1.72. The molecule has 1 aromatic rings. The zero-order valence-corrected chi connectivity index (χ0v) is 13.8. The maximum absolute atomic E-state index is 11.8. The lowest BCUT2D eigenvalue weighted by Crippen LogP contribution is -2.43. The van der Waals surface area contributed by atoms with Crippen LogP contribution in [0.1, 0.15) is 43.5 Å². The van der Waals surface area contributed by atoms with Gasteiger partial charge in [0.25, 0.3) is 0 Å². The van der Waals surface area contributed by atoms with Crippen molar-refractivity contribution in [1.82, 2.24) is 20.4 Å². The summed E-state index contributed by atoms with van der Waals surface area (Å²) in [5.41, 5.74) is 2.08. The van der Waals surface area contributed by atoms with Gasteiger partial charge in [-0.1, -0.05) is 19.3 Å². The molecule has 6 heteroatoms. The summed E-state index contributed by atoms with van der Waals surface area (Å²) in [5, 5.41) is 10.4. The van der Waals surface area contributed by atoms with Gasteiger partial charge in [-0.05, 0) is 42.6 Å². The average molecular weight is 343 g/mol. The number of urea groups is 1. The predicted molar refractivity (Wildman–Crippen MR) is 82.8 cm³/mol. The highest BCUT2D eigenvalue weighted by atomic mass is 79.9. The standard InChI is InChI=1S/C14H23BrN4O/c1-10-13(15)11(2)19(18-10)9-8-16-14(20)17-12-6-4-3-5-7-12/h12H,3-9H2,1-2H3,(H2,16,17,20). The van der Waals surface area contributed by atoms with Crippen molar-refractivity contribution in [1.29, 1.82) is 0 Å². The molecular formula is C14H23BrN4O. The van der Waals surface area contributed by atoms with E-state index >= 15 is 0 Å². The van der Waals surface area contributed by atoms with Crippen LogP contribution in [0.4, 0.5) is 4.79 Å². The van der Waals surface area contributed by atoms with Gasteiger partial charge < -0.3 is 10.6 Å². The summed E-state index contributed by atoms with van der Waals surface area (Å²) < 4.78 is 2.96. The zero-order valence-electron chi connectivity index (χ0n) is 12.2. The van der Waals surface area contributed by atoms with Crippen molar-refractivity contribution in [3.63, 3.8) is 0 Å². The van der Waals surface area contributed by atoms with Crippen LogP contribution in [0.5, 0.6) is 0 Å². The first-order chi connectivity index (χ1) is 9.58. The first kappa shape index (κ1) is 15.4. The van der Waals surface area contributed by atoms with Gasteiger partial charge in [-0.15, -0.1) is 0 Å². The lowest BCUT2D eigenvalue weighted by molar-refractivity contribution is 0.232. The number of amides is 2. The monoisotopic (exact) mass is 342 g/mol. The number of halogens is 1. The molecule has 0 bridgehead atoms. The molecule has 2 rings (SSSR count). The van der Waals surface area contributed by atoms with Crippen LogP contribution >= 0.6 is 15.9 Å². The third-order valence-electron chi connectivity index (χ3n) is 3.84. The van der Waals surface area contributed by atoms with Crippen LogP contribution in [-0.4, -0.2) is 28.4 Å². The van der Waals surface area contributed by atoms with Crippen molar-refractivity contribution < 1.29 is 4.79 Å². The maximum Gasteiger partial charge on any atom is 0.315 e. The molecule has 0 saturated heterocycles. The molecule has 1 aliphatic carbocycles. The SMILES string of the molecule is Cc1nn(CCNC(=O)NC2CCCCC2)c(C)c1Br. The van der Waals surface area contributed by atoms with Gasteiger partial charge in [-0.3, -0.25) is 4.68 Å². The number of aryl methyl sites for hydroxylation is 1. The first-order valence-electron chi connectivity index (χ1n) is 7.32. The van der Waals surface area contributed by atoms with Gasteiger partial charge >= 0.3 is 6.03 Å². The first-order valence-corrected chi connectivity index (χ1v) is 8.11. The summed E-state index contributed by atoms with van der Waals surface area (Å²) in [6, 6.07) is 0.295. The highest BCUT2D eigenvalue weighted by Gasteiger charge is 2.15. The van der Waals surface area contributed by atoms with E-state index in [9.17, 15) is 4.79 Å². The van der Waals surface area contributed by atoms with Crippen LogP contribution < -0.4 is 10.6 Å². The number of carbonyl (C=O) groups excluding carboxylic acids is 1. The van der Waals surface area contributed by atoms with E-state index in [4.69, 9.17) is 0 Å². The molecule has 5 nitrogen and oxygen atoms in total. The van der Waals surface area contributed by atoms with Gasteiger partial charge in [0.15, 0.2) is 0 Å². The normalized spacial score (nSPS) is 16.1. The van der Waals surface area contributed by atoms with Gasteiger partial charge in [0.1, 0.15) is 0 Å². The molecule has 0 spiro atoms. The largest absolute Gasteiger partial charge is 0.336 e. The van der Waals surface area contributed by atoms with Crippen molar-refractivity contribution >= 4 is 22.0 Å². The van der Waals surface area contributed by atoms with Crippen LogP contribution in [0.3, 0.4) is 0 Å². The van der Waals surface area contributed by atoms with Crippen molar-refractivity contribution in [3.8, 4) is 0 Å². The second kappa shape index (κ2) is 7.11. The van der Waals surface area contributed by atoms with Crippen LogP contribution in [0.15, 0.2) is 4.47 Å². The van der Waals surface area contributed by atoms with Crippen molar-refractivity contribution in [2.45, 2.75) is 58.5 Å². The van der Waals surface area contributed by atoms with Crippen LogP contribution in [0.2, 0.25) is 0 Å². The summed E-state index contributed by atoms with van der Waals surface area (Å²) in [4.78, 5) is 11.8. The third kappa shape index (κ3) is 3.98. The van der Waals surface area contributed by atoms with E-state index in [1.54, 1.807) is 0 Å². The smallest absolute Gasteiger partial charge is 0.315 e. The van der Waals surface area contributed by atoms with Crippen LogP contribution in [-0.2, 0) is 6.54 Å². The summed E-state index contributed by atoms with van der Waals surface area (Å²) in [7, 11) is 0. The fraction of sp³-hybridized carbons (Fsp3) is 0.714. The topological polar surface area (TPSA) is 59.0 Å². The number of carbonyl (C=O) groups is 1. The van der Waals surface area contributed by atoms with E-state index in [0.29, 0.717) is 19.1 Å². The predicted octanol–water partition coefficient (Wildman–Crippen LogP) is 2.89. The maximum atomic E-state index is 11.8. The molecule has 112 valence electrons. The number of nitrogens with zero attached hydrogens (tertiary/aromatic N) is 2. The minimum Gasteiger partial charge on any atom is -0.336 e. The fourth-order valence-corrected chi connectivity index (χ4v) is 2.94. The molecule has 1 aromatic heterocycles. The Morgan fingerprint density at radius 3 is 2.65 bits per heavy atom. The van der Waals surface area contributed by atoms with Crippen molar-refractivity contribution in [3.05, 3.63) is 15.9 Å². The Morgan fingerprint density at radius 2 is 2.05 bits per heavy atom. The molecule has 1 heterocycles. The third-order valence-corrected chi connectivity index (χ3v) is 4.99. The highest BCUT2D eigenvalue weighted by Crippen LogP contribution is 2.19. The molecule has 0 aromatic carbocycles. The number of hydrogen-bond acceptors (Lipinski definition) is 2. The van der Waals surface area contributed by atoms with E-state index in [0.717, 1.165) is 28.7 Å². The molecule has 2 N–H and O–H groups in total. The molecular weight excluding hydrogens is 320 g/mol. The Bertz CT molecular complexity index is 466. The molecule has 0 aliphatic heterocycles. The molecule has 20 heavy (non-hydrogen) atoms. The van der Waals surface area contributed by atoms with Gasteiger partial charge in [-0.2, -0.15) is 5.10 Å². The minimum absolute atomic E-state index is 0.0579. The van der Waals surface area contributed by atoms with E-state index in [2.05, 4.69) is 31.7 Å². The minimum atomic E-state index is -0.0579. The summed E-state index contributed by atoms with van der Waals surface area (Å²) >= 11 is 3.50. The number of nitrogens with one attached hydrogen (secondary N) is 2. The average Bonchev–Trinajstić information content (AvgIpc) is 2.67. The lowest BCUT2D eigenvalue weighted by atomic mass is 9.96. The second-order valence-electron chi connectivity index (χ2n) is 5.44. The molecule has 0 atom stereocenters.